The summed E-state index contributed by atoms with van der Waals surface area (Å²) in [5, 5.41) is 10.3. The first-order valence-electron chi connectivity index (χ1n) is 9.69. The van der Waals surface area contributed by atoms with Gasteiger partial charge in [-0.05, 0) is 30.7 Å². The molecule has 1 saturated heterocycles. The van der Waals surface area contributed by atoms with E-state index in [1.165, 1.54) is 0 Å². The van der Waals surface area contributed by atoms with Crippen molar-refractivity contribution < 1.29 is 14.1 Å². The van der Waals surface area contributed by atoms with Crippen molar-refractivity contribution in [2.45, 2.75) is 13.0 Å². The van der Waals surface area contributed by atoms with Gasteiger partial charge in [0, 0.05) is 30.5 Å². The van der Waals surface area contributed by atoms with Gasteiger partial charge in [-0.15, -0.1) is 0 Å². The lowest BCUT2D eigenvalue weighted by Gasteiger charge is -2.19. The van der Waals surface area contributed by atoms with Gasteiger partial charge < -0.3 is 19.9 Å². The quantitative estimate of drug-likeness (QED) is 0.538. The molecule has 0 aliphatic carbocycles. The van der Waals surface area contributed by atoms with E-state index < -0.39 is 0 Å². The number of rotatable bonds is 4. The molecule has 0 spiro atoms. The monoisotopic (exact) mass is 404 g/mol. The van der Waals surface area contributed by atoms with Gasteiger partial charge in [-0.2, -0.15) is 4.98 Å². The number of nitrogens with zero attached hydrogens (tertiary/aromatic N) is 4. The fourth-order valence-corrected chi connectivity index (χ4v) is 3.39. The number of hydrogen-bond donors (Lipinski definition) is 2. The molecule has 0 bridgehead atoms. The summed E-state index contributed by atoms with van der Waals surface area (Å²) in [6.07, 6.45) is 3.12. The van der Waals surface area contributed by atoms with Crippen LogP contribution in [0.5, 0.6) is 0 Å². The maximum absolute atomic E-state index is 12.9. The Morgan fingerprint density at radius 1 is 1.30 bits per heavy atom. The molecule has 9 nitrogen and oxygen atoms in total. The van der Waals surface area contributed by atoms with Crippen LogP contribution in [0.1, 0.15) is 28.0 Å². The van der Waals surface area contributed by atoms with E-state index in [0.29, 0.717) is 41.9 Å². The molecule has 2 N–H and O–H groups in total. The number of aryl methyl sites for hydroxylation is 1. The van der Waals surface area contributed by atoms with Crippen LogP contribution in [0, 0.1) is 6.92 Å². The first kappa shape index (κ1) is 18.5. The number of anilines is 1. The molecule has 1 fully saturated rings. The van der Waals surface area contributed by atoms with Crippen LogP contribution in [0.2, 0.25) is 0 Å². The number of carbonyl (C=O) groups excluding carboxylic acids is 1. The van der Waals surface area contributed by atoms with Crippen molar-refractivity contribution >= 4 is 17.2 Å². The van der Waals surface area contributed by atoms with Crippen LogP contribution in [-0.2, 0) is 4.74 Å². The lowest BCUT2D eigenvalue weighted by molar-refractivity contribution is 0.00755. The topological polar surface area (TPSA) is 107 Å². The number of carbonyl (C=O) groups is 1. The summed E-state index contributed by atoms with van der Waals surface area (Å²) in [5.41, 5.74) is 3.51. The average molecular weight is 404 g/mol. The Labute approximate surface area is 172 Å². The van der Waals surface area contributed by atoms with Crippen LogP contribution < -0.4 is 10.6 Å². The first-order valence-corrected chi connectivity index (χ1v) is 9.69. The predicted octanol–water partition coefficient (Wildman–Crippen LogP) is 2.61. The van der Waals surface area contributed by atoms with Gasteiger partial charge in [-0.25, -0.2) is 4.98 Å². The zero-order valence-corrected chi connectivity index (χ0v) is 16.3. The Bertz CT molecular complexity index is 1210. The first-order chi connectivity index (χ1) is 14.7. The van der Waals surface area contributed by atoms with Crippen LogP contribution >= 0.6 is 0 Å². The number of ether oxygens (including phenoxy) is 1. The summed E-state index contributed by atoms with van der Waals surface area (Å²) < 4.78 is 12.8. The number of amides is 1. The van der Waals surface area contributed by atoms with Crippen molar-refractivity contribution in [3.05, 3.63) is 65.9 Å². The van der Waals surface area contributed by atoms with Crippen molar-refractivity contribution in [2.24, 2.45) is 0 Å². The summed E-state index contributed by atoms with van der Waals surface area (Å²) in [6, 6.07) is 11.2. The zero-order chi connectivity index (χ0) is 20.5. The highest BCUT2D eigenvalue weighted by Crippen LogP contribution is 2.26. The number of morpholine rings is 1. The molecule has 4 heterocycles. The van der Waals surface area contributed by atoms with Crippen molar-refractivity contribution in [1.29, 1.82) is 0 Å². The average Bonchev–Trinajstić information content (AvgIpc) is 3.43. The van der Waals surface area contributed by atoms with Crippen LogP contribution in [0.15, 0.2) is 53.3 Å². The zero-order valence-electron chi connectivity index (χ0n) is 16.3. The van der Waals surface area contributed by atoms with Gasteiger partial charge in [0.2, 0.25) is 5.82 Å². The third-order valence-corrected chi connectivity index (χ3v) is 5.04. The molecule has 4 aromatic rings. The predicted molar refractivity (Wildman–Crippen MR) is 109 cm³/mol. The Morgan fingerprint density at radius 3 is 3.10 bits per heavy atom. The number of nitrogens with one attached hydrogen (secondary N) is 2. The highest BCUT2D eigenvalue weighted by atomic mass is 16.5. The maximum atomic E-state index is 12.9. The van der Waals surface area contributed by atoms with Crippen molar-refractivity contribution in [3.63, 3.8) is 0 Å². The molecule has 9 heteroatoms. The maximum Gasteiger partial charge on any atom is 0.274 e. The lowest BCUT2D eigenvalue weighted by atomic mass is 10.1. The van der Waals surface area contributed by atoms with Gasteiger partial charge in [0.05, 0.1) is 12.8 Å². The van der Waals surface area contributed by atoms with Crippen LogP contribution in [0.4, 0.5) is 5.69 Å². The number of imidazole rings is 1. The van der Waals surface area contributed by atoms with Gasteiger partial charge in [0.25, 0.3) is 11.8 Å². The van der Waals surface area contributed by atoms with E-state index >= 15 is 0 Å². The van der Waals surface area contributed by atoms with E-state index in [1.54, 1.807) is 10.6 Å². The summed E-state index contributed by atoms with van der Waals surface area (Å²) in [7, 11) is 0. The third kappa shape index (κ3) is 3.44. The molecule has 3 aromatic heterocycles. The number of pyridine rings is 1. The Morgan fingerprint density at radius 2 is 2.23 bits per heavy atom. The fourth-order valence-electron chi connectivity index (χ4n) is 3.39. The fraction of sp³-hybridized carbons (Fsp3) is 0.238. The van der Waals surface area contributed by atoms with E-state index in [-0.39, 0.29) is 12.0 Å². The van der Waals surface area contributed by atoms with E-state index in [9.17, 15) is 4.79 Å². The van der Waals surface area contributed by atoms with Crippen molar-refractivity contribution in [3.8, 4) is 11.4 Å². The normalized spacial score (nSPS) is 16.6. The van der Waals surface area contributed by atoms with Crippen LogP contribution in [-0.4, -0.2) is 45.1 Å². The van der Waals surface area contributed by atoms with Gasteiger partial charge in [0.15, 0.2) is 0 Å². The molecular formula is C21H20N6O3. The van der Waals surface area contributed by atoms with Crippen LogP contribution in [0.3, 0.4) is 0 Å². The standard InChI is InChI=1S/C21H20N6O3/c1-13-5-6-14(19-25-21(30-26-19)17-12-22-7-9-29-17)10-15(13)24-20(28)16-11-23-18-4-2-3-8-27(16)18/h2-6,8,10-11,17,22H,7,9,12H2,1H3,(H,24,28)/t17-/m0/s1. The molecular weight excluding hydrogens is 384 g/mol. The minimum Gasteiger partial charge on any atom is -0.366 e. The Balaban J connectivity index is 1.40. The van der Waals surface area contributed by atoms with Crippen molar-refractivity contribution in [2.75, 3.05) is 25.0 Å². The molecule has 1 aliphatic heterocycles. The Kier molecular flexibility index (Phi) is 4.74. The number of aromatic nitrogens is 4. The molecule has 5 rings (SSSR count). The molecule has 1 atom stereocenters. The highest BCUT2D eigenvalue weighted by Gasteiger charge is 2.23. The summed E-state index contributed by atoms with van der Waals surface area (Å²) in [5.74, 6) is 0.642. The number of fused-ring (bicyclic) bond motifs is 1. The van der Waals surface area contributed by atoms with E-state index in [4.69, 9.17) is 9.26 Å². The molecule has 1 aromatic carbocycles. The molecule has 1 amide bonds. The van der Waals surface area contributed by atoms with E-state index in [1.807, 2.05) is 49.5 Å². The largest absolute Gasteiger partial charge is 0.366 e. The van der Waals surface area contributed by atoms with E-state index in [0.717, 1.165) is 17.7 Å². The minimum atomic E-state index is -0.250. The molecule has 0 radical (unpaired) electrons. The number of hydrogen-bond acceptors (Lipinski definition) is 7. The smallest absolute Gasteiger partial charge is 0.274 e. The molecule has 0 unspecified atom stereocenters. The van der Waals surface area contributed by atoms with Crippen molar-refractivity contribution in [1.82, 2.24) is 24.8 Å². The number of benzene rings is 1. The summed E-state index contributed by atoms with van der Waals surface area (Å²) in [6.45, 7) is 3.98. The molecule has 1 aliphatic rings. The lowest BCUT2D eigenvalue weighted by Crippen LogP contribution is -2.33. The van der Waals surface area contributed by atoms with Gasteiger partial charge in [-0.3, -0.25) is 9.20 Å². The third-order valence-electron chi connectivity index (χ3n) is 5.04. The summed E-state index contributed by atoms with van der Waals surface area (Å²) in [4.78, 5) is 21.6. The van der Waals surface area contributed by atoms with Gasteiger partial charge in [-0.1, -0.05) is 23.4 Å². The molecule has 0 saturated carbocycles. The van der Waals surface area contributed by atoms with E-state index in [2.05, 4.69) is 25.8 Å². The molecule has 152 valence electrons. The molecule has 30 heavy (non-hydrogen) atoms. The van der Waals surface area contributed by atoms with Crippen LogP contribution in [0.25, 0.3) is 17.0 Å². The summed E-state index contributed by atoms with van der Waals surface area (Å²) >= 11 is 0. The van der Waals surface area contributed by atoms with Gasteiger partial charge in [0.1, 0.15) is 17.4 Å². The second-order valence-corrected chi connectivity index (χ2v) is 7.08. The minimum absolute atomic E-state index is 0.246. The SMILES string of the molecule is Cc1ccc(-c2noc([C@@H]3CNCCO3)n2)cc1NC(=O)c1cnc2ccccn12. The highest BCUT2D eigenvalue weighted by molar-refractivity contribution is 6.04. The second-order valence-electron chi connectivity index (χ2n) is 7.08. The Hall–Kier alpha value is -3.56. The second kappa shape index (κ2) is 7.69. The van der Waals surface area contributed by atoms with Gasteiger partial charge >= 0.3 is 0 Å².